The number of primary amides is 1. The normalized spacial score (nSPS) is 30.3. The van der Waals surface area contributed by atoms with Crippen LogP contribution in [0.1, 0.15) is 55.9 Å². The Morgan fingerprint density at radius 3 is 2.17 bits per heavy atom. The fourth-order valence-corrected chi connectivity index (χ4v) is 7.65. The van der Waals surface area contributed by atoms with Crippen LogP contribution in [0.5, 0.6) is 5.75 Å². The third-order valence-electron chi connectivity index (χ3n) is 8.54. The molecular formula is C28H36N2O10S. The number of hydrogen-bond donors (Lipinski definition) is 6. The van der Waals surface area contributed by atoms with Crippen LogP contribution in [0, 0.1) is 11.8 Å². The number of hydrogen-bond acceptors (Lipinski definition) is 11. The van der Waals surface area contributed by atoms with Crippen LogP contribution < -0.4 is 5.73 Å². The van der Waals surface area contributed by atoms with Gasteiger partial charge in [0.1, 0.15) is 22.8 Å². The molecule has 1 fully saturated rings. The number of amides is 1. The highest BCUT2D eigenvalue weighted by Crippen LogP contribution is 2.57. The molecule has 224 valence electrons. The number of phenols is 1. The van der Waals surface area contributed by atoms with Crippen LogP contribution in [0.25, 0.3) is 5.76 Å². The number of rotatable bonds is 4. The lowest BCUT2D eigenvalue weighted by molar-refractivity contribution is -0.169. The number of aliphatic hydroxyl groups excluding tert-OH is 3. The predicted octanol–water partition coefficient (Wildman–Crippen LogP) is 0.338. The molecule has 0 radical (unpaired) electrons. The summed E-state index contributed by atoms with van der Waals surface area (Å²) in [5.41, 5.74) is 0.505. The van der Waals surface area contributed by atoms with E-state index >= 15 is 0 Å². The Morgan fingerprint density at radius 1 is 1.15 bits per heavy atom. The van der Waals surface area contributed by atoms with E-state index in [9.17, 15) is 48.3 Å². The van der Waals surface area contributed by atoms with Gasteiger partial charge in [-0.1, -0.05) is 33.8 Å². The number of nitrogens with zero attached hydrogens (tertiary/aromatic N) is 1. The number of phenolic OH excluding ortho intramolecular Hbond substituents is 1. The first kappa shape index (κ1) is 30.7. The second kappa shape index (κ2) is 9.38. The second-order valence-electron chi connectivity index (χ2n) is 12.6. The van der Waals surface area contributed by atoms with Crippen LogP contribution in [0.2, 0.25) is 0 Å². The Balaban J connectivity index is 2.14. The van der Waals surface area contributed by atoms with Gasteiger partial charge in [-0.15, -0.1) is 0 Å². The zero-order valence-corrected chi connectivity index (χ0v) is 24.7. The molecule has 13 heteroatoms. The standard InChI is InChI=1S/C28H36N2O10S/c1-10-13-11(9-41(7,39)40)8-12(27(2,3)4)20(31)15(13)21(32)16-14(10)22(33)18-19(30(5)6)23(34)17(26(29)37)25(36)28(18,38)24(16)35/h8,10,14,18-19,22,31-33,36,38H,9H2,1-7H3,(H2,29,37)/t10-,14+,18-,19-,22+,28+/m1/s1. The molecule has 1 amide bonds. The number of benzene rings is 1. The van der Waals surface area contributed by atoms with Crippen LogP contribution in [0.3, 0.4) is 0 Å². The molecule has 1 aromatic carbocycles. The van der Waals surface area contributed by atoms with E-state index in [1.54, 1.807) is 27.7 Å². The van der Waals surface area contributed by atoms with Crippen molar-refractivity contribution in [2.45, 2.75) is 62.5 Å². The smallest absolute Gasteiger partial charge is 0.255 e. The molecule has 3 aliphatic rings. The molecule has 0 spiro atoms. The topological polar surface area (TPSA) is 216 Å². The van der Waals surface area contributed by atoms with Gasteiger partial charge >= 0.3 is 0 Å². The molecule has 0 saturated heterocycles. The predicted molar refractivity (Wildman–Crippen MR) is 148 cm³/mol. The summed E-state index contributed by atoms with van der Waals surface area (Å²) < 4.78 is 24.9. The van der Waals surface area contributed by atoms with Crippen molar-refractivity contribution in [3.05, 3.63) is 45.2 Å². The highest BCUT2D eigenvalue weighted by atomic mass is 32.2. The maximum Gasteiger partial charge on any atom is 0.255 e. The molecular weight excluding hydrogens is 556 g/mol. The summed E-state index contributed by atoms with van der Waals surface area (Å²) in [5.74, 6) is -10.6. The molecule has 7 N–H and O–H groups in total. The molecule has 0 bridgehead atoms. The first-order chi connectivity index (χ1) is 18.6. The maximum atomic E-state index is 14.2. The van der Waals surface area contributed by atoms with E-state index in [0.29, 0.717) is 0 Å². The van der Waals surface area contributed by atoms with Crippen molar-refractivity contribution in [1.29, 1.82) is 0 Å². The highest BCUT2D eigenvalue weighted by molar-refractivity contribution is 7.89. The molecule has 41 heavy (non-hydrogen) atoms. The van der Waals surface area contributed by atoms with Crippen molar-refractivity contribution in [3.8, 4) is 5.75 Å². The van der Waals surface area contributed by atoms with Crippen molar-refractivity contribution >= 4 is 33.1 Å². The summed E-state index contributed by atoms with van der Waals surface area (Å²) in [7, 11) is -0.808. The first-order valence-electron chi connectivity index (χ1n) is 13.0. The maximum absolute atomic E-state index is 14.2. The zero-order valence-electron chi connectivity index (χ0n) is 23.9. The van der Waals surface area contributed by atoms with Gasteiger partial charge in [0.05, 0.1) is 29.4 Å². The van der Waals surface area contributed by atoms with E-state index in [-0.39, 0.29) is 22.3 Å². The summed E-state index contributed by atoms with van der Waals surface area (Å²) in [4.78, 5) is 40.9. The van der Waals surface area contributed by atoms with E-state index in [1.807, 2.05) is 0 Å². The third kappa shape index (κ3) is 4.28. The average molecular weight is 593 g/mol. The van der Waals surface area contributed by atoms with E-state index in [2.05, 4.69) is 0 Å². The minimum Gasteiger partial charge on any atom is -0.508 e. The number of ketones is 2. The van der Waals surface area contributed by atoms with Gasteiger partial charge in [0, 0.05) is 23.3 Å². The summed E-state index contributed by atoms with van der Waals surface area (Å²) in [5, 5.41) is 57.6. The van der Waals surface area contributed by atoms with Crippen LogP contribution in [0.4, 0.5) is 0 Å². The summed E-state index contributed by atoms with van der Waals surface area (Å²) in [6.07, 6.45) is -0.751. The van der Waals surface area contributed by atoms with E-state index in [1.165, 1.54) is 25.1 Å². The molecule has 0 heterocycles. The Hall–Kier alpha value is -3.26. The zero-order chi connectivity index (χ0) is 31.3. The number of aliphatic hydroxyl groups is 4. The van der Waals surface area contributed by atoms with Gasteiger partial charge in [0.15, 0.2) is 21.2 Å². The minimum atomic E-state index is -3.64. The molecule has 1 saturated carbocycles. The fraction of sp³-hybridized carbons (Fsp3) is 0.536. The van der Waals surface area contributed by atoms with Gasteiger partial charge in [0.2, 0.25) is 5.78 Å². The number of fused-ring (bicyclic) bond motifs is 3. The fourth-order valence-electron chi connectivity index (χ4n) is 6.84. The van der Waals surface area contributed by atoms with E-state index < -0.39 is 102 Å². The van der Waals surface area contributed by atoms with Crippen molar-refractivity contribution in [1.82, 2.24) is 4.90 Å². The summed E-state index contributed by atoms with van der Waals surface area (Å²) >= 11 is 0. The molecule has 12 nitrogen and oxygen atoms in total. The van der Waals surface area contributed by atoms with Gasteiger partial charge in [-0.25, -0.2) is 8.42 Å². The van der Waals surface area contributed by atoms with Gasteiger partial charge < -0.3 is 31.3 Å². The van der Waals surface area contributed by atoms with Crippen LogP contribution in [0.15, 0.2) is 23.0 Å². The number of aromatic hydroxyl groups is 1. The van der Waals surface area contributed by atoms with Crippen LogP contribution >= 0.6 is 0 Å². The van der Waals surface area contributed by atoms with Crippen LogP contribution in [-0.4, -0.2) is 94.4 Å². The lowest BCUT2D eigenvalue weighted by Crippen LogP contribution is -2.70. The lowest BCUT2D eigenvalue weighted by atomic mass is 9.54. The number of carbonyl (C=O) groups excluding carboxylic acids is 3. The number of nitrogens with two attached hydrogens (primary N) is 1. The summed E-state index contributed by atoms with van der Waals surface area (Å²) in [6.45, 7) is 6.85. The van der Waals surface area contributed by atoms with Gasteiger partial charge in [-0.05, 0) is 36.6 Å². The van der Waals surface area contributed by atoms with E-state index in [4.69, 9.17) is 5.73 Å². The quantitative estimate of drug-likeness (QED) is 0.262. The van der Waals surface area contributed by atoms with Crippen molar-refractivity contribution in [2.24, 2.45) is 17.6 Å². The number of carbonyl (C=O) groups is 3. The third-order valence-corrected chi connectivity index (χ3v) is 9.37. The lowest BCUT2D eigenvalue weighted by Gasteiger charge is -2.54. The van der Waals surface area contributed by atoms with Gasteiger partial charge in [-0.3, -0.25) is 19.3 Å². The van der Waals surface area contributed by atoms with Crippen molar-refractivity contribution in [2.75, 3.05) is 20.4 Å². The van der Waals surface area contributed by atoms with Crippen molar-refractivity contribution in [3.63, 3.8) is 0 Å². The SMILES string of the molecule is C[C@@H]1c2c(CS(C)(=O)=O)cc(C(C)(C)C)c(O)c2C(O)=C2C(=O)[C@]3(O)C(O)=C(C(N)=O)C(=O)[C@H](N(C)C)[C@@H]3[C@@H](O)[C@H]21. The van der Waals surface area contributed by atoms with Gasteiger partial charge in [0.25, 0.3) is 5.91 Å². The first-order valence-corrected chi connectivity index (χ1v) is 15.0. The Bertz CT molecular complexity index is 1570. The number of likely N-dealkylation sites (N-methyl/N-ethyl adjacent to an activating group) is 1. The molecule has 3 aliphatic carbocycles. The number of sulfone groups is 1. The Morgan fingerprint density at radius 2 is 1.71 bits per heavy atom. The molecule has 4 rings (SSSR count). The molecule has 0 aromatic heterocycles. The minimum absolute atomic E-state index is 0.186. The molecule has 0 unspecified atom stereocenters. The van der Waals surface area contributed by atoms with Gasteiger partial charge in [-0.2, -0.15) is 0 Å². The van der Waals surface area contributed by atoms with Crippen molar-refractivity contribution < 1.29 is 48.3 Å². The molecule has 1 aromatic rings. The molecule has 0 aliphatic heterocycles. The largest absolute Gasteiger partial charge is 0.508 e. The van der Waals surface area contributed by atoms with Crippen LogP contribution in [-0.2, 0) is 35.4 Å². The Labute approximate surface area is 237 Å². The second-order valence-corrected chi connectivity index (χ2v) is 14.7. The molecule has 6 atom stereocenters. The van der Waals surface area contributed by atoms with E-state index in [0.717, 1.165) is 6.26 Å². The monoisotopic (exact) mass is 592 g/mol. The number of Topliss-reactive ketones (excluding diaryl/α,β-unsaturated/α-hetero) is 2. The average Bonchev–Trinajstić information content (AvgIpc) is 2.80. The summed E-state index contributed by atoms with van der Waals surface area (Å²) in [6, 6.07) is 0.0412. The highest BCUT2D eigenvalue weighted by Gasteiger charge is 2.68. The Kier molecular flexibility index (Phi) is 7.02.